The Morgan fingerprint density at radius 3 is 0.907 bits per heavy atom. The van der Waals surface area contributed by atoms with Crippen LogP contribution in [-0.2, 0) is 4.12 Å². The van der Waals surface area contributed by atoms with Crippen molar-refractivity contribution in [2.45, 2.75) is 258 Å². The third-order valence-corrected chi connectivity index (χ3v) is 19.9. The molecule has 0 spiro atoms. The van der Waals surface area contributed by atoms with Crippen LogP contribution in [0.5, 0.6) is 0 Å². The average Bonchev–Trinajstić information content (AvgIpc) is 2.98. The zero-order valence-electron chi connectivity index (χ0n) is 31.6. The van der Waals surface area contributed by atoms with Gasteiger partial charge < -0.3 is 4.12 Å². The third kappa shape index (κ3) is 27.2. The van der Waals surface area contributed by atoms with Gasteiger partial charge in [-0.1, -0.05) is 220 Å². The fraction of sp³-hybridized carbons (Fsp3) is 1.00. The zero-order chi connectivity index (χ0) is 31.9. The molecule has 0 radical (unpaired) electrons. The number of hydrogen-bond donors (Lipinski definition) is 0. The summed E-state index contributed by atoms with van der Waals surface area (Å²) < 4.78 is 7.68. The highest BCUT2D eigenvalue weighted by Gasteiger charge is 2.40. The number of unbranched alkanes of at least 4 members (excludes halogenated alkanes) is 24. The van der Waals surface area contributed by atoms with Gasteiger partial charge in [0.15, 0.2) is 16.6 Å². The summed E-state index contributed by atoms with van der Waals surface area (Å²) in [5.74, 6) is 0. The van der Waals surface area contributed by atoms with Gasteiger partial charge in [0, 0.05) is 0 Å². The molecular weight excluding hydrogens is 553 g/mol. The molecule has 0 aromatic rings. The summed E-state index contributed by atoms with van der Waals surface area (Å²) in [7, 11) is -3.42. The molecule has 3 heteroatoms. The van der Waals surface area contributed by atoms with Crippen LogP contribution in [0.15, 0.2) is 0 Å². The van der Waals surface area contributed by atoms with Crippen LogP contribution in [0.2, 0.25) is 37.3 Å². The molecule has 43 heavy (non-hydrogen) atoms. The van der Waals surface area contributed by atoms with Gasteiger partial charge >= 0.3 is 0 Å². The van der Waals surface area contributed by atoms with E-state index in [0.717, 1.165) is 5.54 Å². The highest BCUT2D eigenvalue weighted by molar-refractivity contribution is 6.86. The number of hydrogen-bond acceptors (Lipinski definition) is 1. The monoisotopic (exact) mass is 639 g/mol. The minimum absolute atomic E-state index is 0.869. The van der Waals surface area contributed by atoms with Gasteiger partial charge in [0.25, 0.3) is 0 Å². The van der Waals surface area contributed by atoms with Crippen LogP contribution in [0.25, 0.3) is 0 Å². The summed E-state index contributed by atoms with van der Waals surface area (Å²) in [6.45, 7) is 17.3. The summed E-state index contributed by atoms with van der Waals surface area (Å²) in [4.78, 5) is 0. The fourth-order valence-electron chi connectivity index (χ4n) is 7.39. The molecule has 0 heterocycles. The standard InChI is InChI=1S/C40H86OSi2/c1-8-12-16-20-24-28-32-36-40(37-33-29-25-21-17-13-9-2)42(5,6)41-43(7,38-34-30-26-22-18-14-10-3)39-35-31-27-23-19-15-11-4/h40H,8-39H2,1-7H3. The average molecular weight is 639 g/mol. The summed E-state index contributed by atoms with van der Waals surface area (Å²) in [6, 6.07) is 2.85. The highest BCUT2D eigenvalue weighted by Crippen LogP contribution is 2.38. The maximum atomic E-state index is 7.68. The molecule has 1 nitrogen and oxygen atoms in total. The first-order valence-electron chi connectivity index (χ1n) is 20.5. The largest absolute Gasteiger partial charge is 0.455 e. The molecule has 0 N–H and O–H groups in total. The van der Waals surface area contributed by atoms with Crippen LogP contribution in [0.3, 0.4) is 0 Å². The molecule has 0 aromatic carbocycles. The quantitative estimate of drug-likeness (QED) is 0.0495. The van der Waals surface area contributed by atoms with Crippen molar-refractivity contribution in [1.29, 1.82) is 0 Å². The SMILES string of the molecule is CCCCCCCCCC(CCCCCCCCC)[Si](C)(C)O[Si](C)(CCCCCCCCC)CCCCCCCCC. The molecule has 0 aliphatic heterocycles. The molecule has 0 unspecified atom stereocenters. The van der Waals surface area contributed by atoms with Gasteiger partial charge in [0.2, 0.25) is 0 Å². The van der Waals surface area contributed by atoms with Crippen LogP contribution in [0.4, 0.5) is 0 Å². The molecule has 0 aromatic heterocycles. The second-order valence-electron chi connectivity index (χ2n) is 15.4. The smallest absolute Gasteiger partial charge is 0.176 e. The van der Waals surface area contributed by atoms with Crippen LogP contribution < -0.4 is 0 Å². The first-order chi connectivity index (χ1) is 20.8. The Morgan fingerprint density at radius 2 is 0.605 bits per heavy atom. The van der Waals surface area contributed by atoms with Crippen molar-refractivity contribution in [3.63, 3.8) is 0 Å². The lowest BCUT2D eigenvalue weighted by atomic mass is 10.0. The normalized spacial score (nSPS) is 12.6. The van der Waals surface area contributed by atoms with E-state index in [0.29, 0.717) is 0 Å². The van der Waals surface area contributed by atoms with E-state index in [-0.39, 0.29) is 0 Å². The van der Waals surface area contributed by atoms with Gasteiger partial charge in [-0.15, -0.1) is 0 Å². The second kappa shape index (κ2) is 31.0. The molecule has 0 aliphatic carbocycles. The minimum atomic E-state index is -1.74. The van der Waals surface area contributed by atoms with Crippen molar-refractivity contribution >= 4 is 16.6 Å². The number of rotatable bonds is 35. The lowest BCUT2D eigenvalue weighted by molar-refractivity contribution is 0.453. The predicted molar refractivity (Wildman–Crippen MR) is 205 cm³/mol. The molecule has 0 rings (SSSR count). The lowest BCUT2D eigenvalue weighted by Crippen LogP contribution is -2.49. The Labute approximate surface area is 277 Å². The van der Waals surface area contributed by atoms with E-state index in [1.807, 2.05) is 0 Å². The van der Waals surface area contributed by atoms with Crippen molar-refractivity contribution in [3.8, 4) is 0 Å². The molecule has 260 valence electrons. The molecule has 0 aliphatic rings. The van der Waals surface area contributed by atoms with E-state index in [9.17, 15) is 0 Å². The lowest BCUT2D eigenvalue weighted by Gasteiger charge is -2.41. The van der Waals surface area contributed by atoms with Crippen molar-refractivity contribution in [1.82, 2.24) is 0 Å². The summed E-state index contributed by atoms with van der Waals surface area (Å²) in [6.07, 6.45) is 42.9. The van der Waals surface area contributed by atoms with E-state index < -0.39 is 16.6 Å². The van der Waals surface area contributed by atoms with Gasteiger partial charge in [-0.3, -0.25) is 0 Å². The van der Waals surface area contributed by atoms with Crippen LogP contribution in [0.1, 0.15) is 220 Å². The van der Waals surface area contributed by atoms with Gasteiger partial charge in [-0.2, -0.15) is 0 Å². The molecule has 0 bridgehead atoms. The fourth-order valence-corrected chi connectivity index (χ4v) is 18.0. The van der Waals surface area contributed by atoms with Crippen LogP contribution in [-0.4, -0.2) is 16.6 Å². The summed E-state index contributed by atoms with van der Waals surface area (Å²) in [5, 5.41) is 0. The molecule has 0 saturated heterocycles. The Morgan fingerprint density at radius 1 is 0.349 bits per heavy atom. The van der Waals surface area contributed by atoms with Crippen molar-refractivity contribution < 1.29 is 4.12 Å². The Bertz CT molecular complexity index is 513. The van der Waals surface area contributed by atoms with Crippen molar-refractivity contribution in [2.75, 3.05) is 0 Å². The van der Waals surface area contributed by atoms with Crippen LogP contribution >= 0.6 is 0 Å². The summed E-state index contributed by atoms with van der Waals surface area (Å²) in [5.41, 5.74) is 0.869. The minimum Gasteiger partial charge on any atom is -0.455 e. The van der Waals surface area contributed by atoms with E-state index in [1.54, 1.807) is 0 Å². The molecular formula is C40H86OSi2. The van der Waals surface area contributed by atoms with Crippen LogP contribution in [0, 0.1) is 0 Å². The Kier molecular flexibility index (Phi) is 31.3. The van der Waals surface area contributed by atoms with Gasteiger partial charge in [-0.05, 0) is 37.3 Å². The van der Waals surface area contributed by atoms with Gasteiger partial charge in [0.05, 0.1) is 0 Å². The predicted octanol–water partition coefficient (Wildman–Crippen LogP) is 15.9. The first-order valence-corrected chi connectivity index (χ1v) is 26.4. The van der Waals surface area contributed by atoms with Crippen molar-refractivity contribution in [2.24, 2.45) is 0 Å². The highest BCUT2D eigenvalue weighted by atomic mass is 28.4. The van der Waals surface area contributed by atoms with Gasteiger partial charge in [-0.25, -0.2) is 0 Å². The van der Waals surface area contributed by atoms with E-state index in [4.69, 9.17) is 4.12 Å². The van der Waals surface area contributed by atoms with Gasteiger partial charge in [0.1, 0.15) is 0 Å². The second-order valence-corrected chi connectivity index (χ2v) is 24.2. The topological polar surface area (TPSA) is 9.23 Å². The summed E-state index contributed by atoms with van der Waals surface area (Å²) >= 11 is 0. The molecule has 0 saturated carbocycles. The first kappa shape index (κ1) is 43.4. The van der Waals surface area contributed by atoms with E-state index >= 15 is 0 Å². The zero-order valence-corrected chi connectivity index (χ0v) is 33.6. The molecule has 0 atom stereocenters. The van der Waals surface area contributed by atoms with E-state index in [1.165, 1.54) is 205 Å². The maximum Gasteiger partial charge on any atom is 0.176 e. The Balaban J connectivity index is 5.15. The van der Waals surface area contributed by atoms with E-state index in [2.05, 4.69) is 47.3 Å². The Hall–Kier alpha value is 0.394. The molecule has 0 amide bonds. The van der Waals surface area contributed by atoms with Crippen molar-refractivity contribution in [3.05, 3.63) is 0 Å². The molecule has 0 fully saturated rings. The third-order valence-electron chi connectivity index (χ3n) is 10.4. The maximum absolute atomic E-state index is 7.68.